The zero-order valence-corrected chi connectivity index (χ0v) is 13.3. The molecule has 1 atom stereocenters. The van der Waals surface area contributed by atoms with Gasteiger partial charge in [0.05, 0.1) is 23.5 Å². The zero-order valence-electron chi connectivity index (χ0n) is 12.5. The van der Waals surface area contributed by atoms with Gasteiger partial charge in [-0.25, -0.2) is 4.79 Å². The highest BCUT2D eigenvalue weighted by Gasteiger charge is 2.32. The van der Waals surface area contributed by atoms with Gasteiger partial charge in [-0.05, 0) is 25.1 Å². The Morgan fingerprint density at radius 3 is 2.77 bits per heavy atom. The summed E-state index contributed by atoms with van der Waals surface area (Å²) in [6, 6.07) is 4.73. The number of nitrogens with zero attached hydrogens (tertiary/aromatic N) is 1. The number of carbonyl (C=O) groups is 3. The fourth-order valence-corrected chi connectivity index (χ4v) is 3.28. The summed E-state index contributed by atoms with van der Waals surface area (Å²) in [4.78, 5) is 36.5. The van der Waals surface area contributed by atoms with E-state index in [1.54, 1.807) is 24.0 Å². The quantitative estimate of drug-likeness (QED) is 0.672. The van der Waals surface area contributed by atoms with Crippen LogP contribution in [0.3, 0.4) is 0 Å². The Labute approximate surface area is 133 Å². The third-order valence-electron chi connectivity index (χ3n) is 3.25. The van der Waals surface area contributed by atoms with Crippen molar-refractivity contribution in [2.24, 2.45) is 0 Å². The van der Waals surface area contributed by atoms with Crippen molar-refractivity contribution in [2.45, 2.75) is 25.5 Å². The number of hydrogen-bond donors (Lipinski definition) is 1. The second-order valence-corrected chi connectivity index (χ2v) is 6.41. The van der Waals surface area contributed by atoms with Crippen LogP contribution in [0, 0.1) is 0 Å². The molecule has 1 aromatic carbocycles. The molecule has 1 aliphatic rings. The van der Waals surface area contributed by atoms with Gasteiger partial charge < -0.3 is 15.4 Å². The highest BCUT2D eigenvalue weighted by atomic mass is 32.2. The summed E-state index contributed by atoms with van der Waals surface area (Å²) >= 11 is 1.17. The van der Waals surface area contributed by atoms with Crippen LogP contribution >= 0.6 is 11.8 Å². The predicted octanol–water partition coefficient (Wildman–Crippen LogP) is 1.83. The minimum atomic E-state index is -0.446. The lowest BCUT2D eigenvalue weighted by Crippen LogP contribution is -2.26. The standard InChI is InChI=1S/C15H18N2O4S/c1-3-21-15(20)10-4-5-13(12(16)6-10)17-8-11(7-14(17)19)22-9(2)18/h4-6,11H,3,7-8,16H2,1-2H3. The van der Waals surface area contributed by atoms with Crippen molar-refractivity contribution in [1.82, 2.24) is 0 Å². The number of hydrogen-bond acceptors (Lipinski definition) is 6. The first-order valence-corrected chi connectivity index (χ1v) is 7.84. The molecule has 1 heterocycles. The number of esters is 1. The van der Waals surface area contributed by atoms with Gasteiger partial charge in [0, 0.05) is 25.1 Å². The maximum atomic E-state index is 12.1. The van der Waals surface area contributed by atoms with Crippen molar-refractivity contribution in [2.75, 3.05) is 23.8 Å². The van der Waals surface area contributed by atoms with Gasteiger partial charge in [0.2, 0.25) is 5.91 Å². The molecule has 0 radical (unpaired) electrons. The second-order valence-electron chi connectivity index (χ2n) is 4.93. The van der Waals surface area contributed by atoms with Gasteiger partial charge in [-0.2, -0.15) is 0 Å². The number of benzene rings is 1. The Morgan fingerprint density at radius 1 is 1.45 bits per heavy atom. The van der Waals surface area contributed by atoms with Crippen molar-refractivity contribution in [3.8, 4) is 0 Å². The van der Waals surface area contributed by atoms with E-state index in [4.69, 9.17) is 10.5 Å². The van der Waals surface area contributed by atoms with Crippen molar-refractivity contribution in [1.29, 1.82) is 0 Å². The van der Waals surface area contributed by atoms with Gasteiger partial charge in [-0.15, -0.1) is 0 Å². The molecule has 0 saturated carbocycles. The molecule has 1 saturated heterocycles. The highest BCUT2D eigenvalue weighted by molar-refractivity contribution is 8.14. The lowest BCUT2D eigenvalue weighted by Gasteiger charge is -2.19. The number of amides is 1. The molecule has 0 bridgehead atoms. The van der Waals surface area contributed by atoms with E-state index in [1.165, 1.54) is 24.8 Å². The van der Waals surface area contributed by atoms with E-state index in [-0.39, 0.29) is 22.9 Å². The minimum absolute atomic E-state index is 0.00900. The molecule has 2 rings (SSSR count). The van der Waals surface area contributed by atoms with Gasteiger partial charge in [-0.1, -0.05) is 11.8 Å². The fourth-order valence-electron chi connectivity index (χ4n) is 2.36. The summed E-state index contributed by atoms with van der Waals surface area (Å²) in [5.41, 5.74) is 7.22. The van der Waals surface area contributed by atoms with E-state index in [0.717, 1.165) is 0 Å². The van der Waals surface area contributed by atoms with E-state index >= 15 is 0 Å². The summed E-state index contributed by atoms with van der Waals surface area (Å²) in [7, 11) is 0. The number of anilines is 2. The number of nitrogens with two attached hydrogens (primary N) is 1. The van der Waals surface area contributed by atoms with Gasteiger partial charge in [0.1, 0.15) is 0 Å². The Kier molecular flexibility index (Phi) is 5.07. The lowest BCUT2D eigenvalue weighted by atomic mass is 10.1. The molecular weight excluding hydrogens is 304 g/mol. The van der Waals surface area contributed by atoms with Crippen molar-refractivity contribution < 1.29 is 19.1 Å². The molecule has 1 fully saturated rings. The molecule has 1 aromatic rings. The van der Waals surface area contributed by atoms with Crippen molar-refractivity contribution in [3.63, 3.8) is 0 Å². The maximum absolute atomic E-state index is 12.1. The Bertz CT molecular complexity index is 618. The van der Waals surface area contributed by atoms with Gasteiger partial charge >= 0.3 is 5.97 Å². The highest BCUT2D eigenvalue weighted by Crippen LogP contribution is 2.32. The van der Waals surface area contributed by atoms with E-state index in [2.05, 4.69) is 0 Å². The molecule has 7 heteroatoms. The molecule has 118 valence electrons. The summed E-state index contributed by atoms with van der Waals surface area (Å²) in [6.07, 6.45) is 0.309. The van der Waals surface area contributed by atoms with Crippen LogP contribution in [0.25, 0.3) is 0 Å². The molecule has 0 spiro atoms. The molecule has 1 amide bonds. The maximum Gasteiger partial charge on any atom is 0.338 e. The minimum Gasteiger partial charge on any atom is -0.462 e. The van der Waals surface area contributed by atoms with Crippen LogP contribution in [0.1, 0.15) is 30.6 Å². The molecule has 0 aliphatic carbocycles. The Morgan fingerprint density at radius 2 is 2.18 bits per heavy atom. The first-order chi connectivity index (χ1) is 10.4. The van der Waals surface area contributed by atoms with Gasteiger partial charge in [-0.3, -0.25) is 9.59 Å². The largest absolute Gasteiger partial charge is 0.462 e. The van der Waals surface area contributed by atoms with E-state index in [9.17, 15) is 14.4 Å². The van der Waals surface area contributed by atoms with Gasteiger partial charge in [0.15, 0.2) is 5.12 Å². The van der Waals surface area contributed by atoms with Crippen LogP contribution in [0.5, 0.6) is 0 Å². The number of rotatable bonds is 4. The van der Waals surface area contributed by atoms with E-state index in [1.807, 2.05) is 0 Å². The number of nitrogen functional groups attached to an aromatic ring is 1. The normalized spacial score (nSPS) is 17.6. The third kappa shape index (κ3) is 3.59. The summed E-state index contributed by atoms with van der Waals surface area (Å²) < 4.78 is 4.91. The zero-order chi connectivity index (χ0) is 16.3. The fraction of sp³-hybridized carbons (Fsp3) is 0.400. The SMILES string of the molecule is CCOC(=O)c1ccc(N2CC(SC(C)=O)CC2=O)c(N)c1. The summed E-state index contributed by atoms with van der Waals surface area (Å²) in [5.74, 6) is -0.521. The predicted molar refractivity (Wildman–Crippen MR) is 85.8 cm³/mol. The van der Waals surface area contributed by atoms with Crippen molar-refractivity contribution >= 4 is 40.1 Å². The molecular formula is C15H18N2O4S. The topological polar surface area (TPSA) is 89.7 Å². The number of carbonyl (C=O) groups excluding carboxylic acids is 3. The Hall–Kier alpha value is -2.02. The smallest absolute Gasteiger partial charge is 0.338 e. The first-order valence-electron chi connectivity index (χ1n) is 6.96. The average Bonchev–Trinajstić information content (AvgIpc) is 2.78. The van der Waals surface area contributed by atoms with E-state index in [0.29, 0.717) is 29.9 Å². The van der Waals surface area contributed by atoms with Crippen LogP contribution in [-0.4, -0.2) is 35.4 Å². The third-order valence-corrected chi connectivity index (χ3v) is 4.23. The van der Waals surface area contributed by atoms with Gasteiger partial charge in [0.25, 0.3) is 0 Å². The number of thioether (sulfide) groups is 1. The van der Waals surface area contributed by atoms with Crippen LogP contribution < -0.4 is 10.6 Å². The molecule has 22 heavy (non-hydrogen) atoms. The first kappa shape index (κ1) is 16.4. The van der Waals surface area contributed by atoms with Crippen LogP contribution in [-0.2, 0) is 14.3 Å². The van der Waals surface area contributed by atoms with Crippen LogP contribution in [0.4, 0.5) is 11.4 Å². The molecule has 2 N–H and O–H groups in total. The molecule has 1 aliphatic heterocycles. The van der Waals surface area contributed by atoms with Crippen LogP contribution in [0.2, 0.25) is 0 Å². The monoisotopic (exact) mass is 322 g/mol. The van der Waals surface area contributed by atoms with Crippen LogP contribution in [0.15, 0.2) is 18.2 Å². The van der Waals surface area contributed by atoms with Crippen molar-refractivity contribution in [3.05, 3.63) is 23.8 Å². The average molecular weight is 322 g/mol. The Balaban J connectivity index is 2.17. The number of ether oxygens (including phenoxy) is 1. The summed E-state index contributed by atoms with van der Waals surface area (Å²) in [5, 5.41) is -0.0700. The summed E-state index contributed by atoms with van der Waals surface area (Å²) in [6.45, 7) is 3.94. The molecule has 6 nitrogen and oxygen atoms in total. The molecule has 1 unspecified atom stereocenters. The second kappa shape index (κ2) is 6.83. The molecule has 0 aromatic heterocycles. The van der Waals surface area contributed by atoms with E-state index < -0.39 is 5.97 Å². The lowest BCUT2D eigenvalue weighted by molar-refractivity contribution is -0.117.